The van der Waals surface area contributed by atoms with Crippen molar-refractivity contribution in [3.8, 4) is 0 Å². The van der Waals surface area contributed by atoms with Crippen LogP contribution in [-0.2, 0) is 9.84 Å². The van der Waals surface area contributed by atoms with E-state index in [1.807, 2.05) is 0 Å². The van der Waals surface area contributed by atoms with E-state index in [9.17, 15) is 13.2 Å². The average Bonchev–Trinajstić information content (AvgIpc) is 1.94. The molecule has 0 aliphatic heterocycles. The first-order valence-electron chi connectivity index (χ1n) is 4.25. The van der Waals surface area contributed by atoms with Gasteiger partial charge in [-0.2, -0.15) is 0 Å². The van der Waals surface area contributed by atoms with E-state index >= 15 is 0 Å². The Morgan fingerprint density at radius 1 is 1.43 bits per heavy atom. The summed E-state index contributed by atoms with van der Waals surface area (Å²) in [5, 5.41) is 5.34. The lowest BCUT2D eigenvalue weighted by Gasteiger charge is -2.12. The van der Waals surface area contributed by atoms with Crippen molar-refractivity contribution in [1.29, 1.82) is 0 Å². The van der Waals surface area contributed by atoms with Gasteiger partial charge in [0.05, 0.1) is 5.75 Å². The second-order valence-corrected chi connectivity index (χ2v) is 5.42. The van der Waals surface area contributed by atoms with Gasteiger partial charge in [-0.15, -0.1) is 0 Å². The van der Waals surface area contributed by atoms with E-state index in [0.29, 0.717) is 13.1 Å². The molecule has 6 nitrogen and oxygen atoms in total. The molecule has 0 rings (SSSR count). The number of sulfone groups is 1. The summed E-state index contributed by atoms with van der Waals surface area (Å²) >= 11 is 0. The van der Waals surface area contributed by atoms with Gasteiger partial charge in [0.25, 0.3) is 0 Å². The number of carbonyl (C=O) groups excluding carboxylic acids is 1. The number of amides is 2. The Balaban J connectivity index is 3.55. The van der Waals surface area contributed by atoms with E-state index in [-0.39, 0.29) is 11.8 Å². The Labute approximate surface area is 84.2 Å². The summed E-state index contributed by atoms with van der Waals surface area (Å²) in [6.45, 7) is 2.66. The molecule has 2 amide bonds. The van der Waals surface area contributed by atoms with Gasteiger partial charge < -0.3 is 16.4 Å². The minimum absolute atomic E-state index is 0.0869. The highest BCUT2D eigenvalue weighted by Gasteiger charge is 2.08. The van der Waals surface area contributed by atoms with Gasteiger partial charge in [-0.25, -0.2) is 13.2 Å². The van der Waals surface area contributed by atoms with E-state index in [1.54, 1.807) is 6.92 Å². The monoisotopic (exact) mass is 223 g/mol. The summed E-state index contributed by atoms with van der Waals surface area (Å²) in [5.41, 5.74) is 4.84. The van der Waals surface area contributed by atoms with Crippen molar-refractivity contribution in [3.63, 3.8) is 0 Å². The topological polar surface area (TPSA) is 101 Å². The van der Waals surface area contributed by atoms with Gasteiger partial charge in [-0.3, -0.25) is 0 Å². The number of carbonyl (C=O) groups is 1. The summed E-state index contributed by atoms with van der Waals surface area (Å²) < 4.78 is 21.7. The molecule has 0 fully saturated rings. The Morgan fingerprint density at radius 2 is 2.00 bits per heavy atom. The predicted molar refractivity (Wildman–Crippen MR) is 54.8 cm³/mol. The van der Waals surface area contributed by atoms with Crippen LogP contribution < -0.4 is 16.4 Å². The first-order chi connectivity index (χ1) is 6.31. The van der Waals surface area contributed by atoms with Crippen molar-refractivity contribution in [2.75, 3.05) is 25.1 Å². The average molecular weight is 223 g/mol. The number of rotatable bonds is 6. The summed E-state index contributed by atoms with van der Waals surface area (Å²) in [6.07, 6.45) is 1.19. The van der Waals surface area contributed by atoms with Crippen molar-refractivity contribution >= 4 is 15.9 Å². The molecule has 1 unspecified atom stereocenters. The maximum atomic E-state index is 10.9. The quantitative estimate of drug-likeness (QED) is 0.486. The maximum absolute atomic E-state index is 10.9. The van der Waals surface area contributed by atoms with Crippen molar-refractivity contribution in [2.45, 2.75) is 13.0 Å². The highest BCUT2D eigenvalue weighted by atomic mass is 32.2. The van der Waals surface area contributed by atoms with E-state index in [4.69, 9.17) is 5.73 Å². The van der Waals surface area contributed by atoms with Gasteiger partial charge in [-0.05, 0) is 6.92 Å². The summed E-state index contributed by atoms with van der Waals surface area (Å²) in [4.78, 5) is 10.3. The molecule has 0 aromatic rings. The molecule has 0 saturated carbocycles. The van der Waals surface area contributed by atoms with Crippen LogP contribution in [0.15, 0.2) is 0 Å². The zero-order valence-corrected chi connectivity index (χ0v) is 9.23. The molecule has 0 aliphatic carbocycles. The Kier molecular flexibility index (Phi) is 5.47. The van der Waals surface area contributed by atoms with Crippen LogP contribution in [0, 0.1) is 0 Å². The molecule has 84 valence electrons. The molecule has 0 aliphatic rings. The molecular weight excluding hydrogens is 206 g/mol. The second kappa shape index (κ2) is 5.82. The van der Waals surface area contributed by atoms with Gasteiger partial charge in [-0.1, -0.05) is 0 Å². The van der Waals surface area contributed by atoms with Crippen molar-refractivity contribution in [2.24, 2.45) is 5.73 Å². The van der Waals surface area contributed by atoms with Crippen LogP contribution in [0.1, 0.15) is 6.92 Å². The van der Waals surface area contributed by atoms with Gasteiger partial charge >= 0.3 is 6.03 Å². The molecular formula is C7H17N3O3S. The van der Waals surface area contributed by atoms with Gasteiger partial charge in [0.15, 0.2) is 0 Å². The van der Waals surface area contributed by atoms with E-state index in [1.165, 1.54) is 6.26 Å². The zero-order valence-electron chi connectivity index (χ0n) is 8.41. The Hall–Kier alpha value is -0.820. The predicted octanol–water partition coefficient (Wildman–Crippen LogP) is -1.32. The minimum Gasteiger partial charge on any atom is -0.352 e. The molecule has 0 aromatic carbocycles. The van der Waals surface area contributed by atoms with Crippen LogP contribution in [0.5, 0.6) is 0 Å². The smallest absolute Gasteiger partial charge is 0.312 e. The molecule has 0 spiro atoms. The first kappa shape index (κ1) is 13.2. The lowest BCUT2D eigenvalue weighted by Crippen LogP contribution is -2.40. The Bertz CT molecular complexity index is 276. The molecule has 14 heavy (non-hydrogen) atoms. The molecule has 0 radical (unpaired) electrons. The largest absolute Gasteiger partial charge is 0.352 e. The van der Waals surface area contributed by atoms with Gasteiger partial charge in [0.1, 0.15) is 9.84 Å². The fourth-order valence-electron chi connectivity index (χ4n) is 1.02. The third-order valence-corrected chi connectivity index (χ3v) is 2.58. The molecule has 0 aromatic heterocycles. The number of nitrogens with one attached hydrogen (secondary N) is 2. The number of nitrogens with two attached hydrogens (primary N) is 1. The third kappa shape index (κ3) is 9.27. The third-order valence-electron chi connectivity index (χ3n) is 1.47. The highest BCUT2D eigenvalue weighted by Crippen LogP contribution is 1.88. The summed E-state index contributed by atoms with van der Waals surface area (Å²) in [6, 6.07) is -0.706. The van der Waals surface area contributed by atoms with Crippen molar-refractivity contribution < 1.29 is 13.2 Å². The standard InChI is InChI=1S/C7H17N3O3S/c1-6(5-14(2,12)13)9-3-4-10-7(8)11/h6,9H,3-5H2,1-2H3,(H3,8,10,11). The number of hydrogen-bond donors (Lipinski definition) is 3. The lowest BCUT2D eigenvalue weighted by molar-refractivity contribution is 0.249. The molecule has 0 bridgehead atoms. The first-order valence-corrected chi connectivity index (χ1v) is 6.31. The van der Waals surface area contributed by atoms with Gasteiger partial charge in [0.2, 0.25) is 0 Å². The van der Waals surface area contributed by atoms with Crippen LogP contribution in [0.2, 0.25) is 0 Å². The minimum atomic E-state index is -2.95. The van der Waals surface area contributed by atoms with Crippen LogP contribution in [0.4, 0.5) is 4.79 Å². The second-order valence-electron chi connectivity index (χ2n) is 3.24. The summed E-state index contributed by atoms with van der Waals surface area (Å²) in [5.74, 6) is 0.0869. The van der Waals surface area contributed by atoms with Crippen LogP contribution in [0.3, 0.4) is 0 Å². The van der Waals surface area contributed by atoms with Crippen molar-refractivity contribution in [3.05, 3.63) is 0 Å². The van der Waals surface area contributed by atoms with Gasteiger partial charge in [0, 0.05) is 25.4 Å². The van der Waals surface area contributed by atoms with E-state index in [0.717, 1.165) is 0 Å². The number of hydrogen-bond acceptors (Lipinski definition) is 4. The molecule has 0 saturated heterocycles. The normalized spacial score (nSPS) is 13.6. The number of urea groups is 1. The zero-order chi connectivity index (χ0) is 11.2. The highest BCUT2D eigenvalue weighted by molar-refractivity contribution is 7.90. The van der Waals surface area contributed by atoms with E-state index in [2.05, 4.69) is 10.6 Å². The van der Waals surface area contributed by atoms with Crippen molar-refractivity contribution in [1.82, 2.24) is 10.6 Å². The fraction of sp³-hybridized carbons (Fsp3) is 0.857. The molecule has 0 heterocycles. The number of primary amides is 1. The fourth-order valence-corrected chi connectivity index (χ4v) is 2.04. The van der Waals surface area contributed by atoms with E-state index < -0.39 is 15.9 Å². The SMILES string of the molecule is CC(CS(C)(=O)=O)NCCNC(N)=O. The maximum Gasteiger partial charge on any atom is 0.312 e. The molecule has 4 N–H and O–H groups in total. The van der Waals surface area contributed by atoms with Crippen LogP contribution in [-0.4, -0.2) is 45.6 Å². The van der Waals surface area contributed by atoms with Crippen LogP contribution >= 0.6 is 0 Å². The molecule has 7 heteroatoms. The van der Waals surface area contributed by atoms with Crippen LogP contribution in [0.25, 0.3) is 0 Å². The summed E-state index contributed by atoms with van der Waals surface area (Å²) in [7, 11) is -2.95. The Morgan fingerprint density at radius 3 is 2.43 bits per heavy atom. The lowest BCUT2D eigenvalue weighted by atomic mass is 10.4. The molecule has 1 atom stereocenters.